The van der Waals surface area contributed by atoms with Crippen LogP contribution in [0.4, 0.5) is 0 Å². The number of fused-ring (bicyclic) bond motifs is 1. The van der Waals surface area contributed by atoms with E-state index in [1.807, 2.05) is 18.3 Å². The summed E-state index contributed by atoms with van der Waals surface area (Å²) in [4.78, 5) is 27.1. The highest BCUT2D eigenvalue weighted by molar-refractivity contribution is 5.97. The zero-order valence-corrected chi connectivity index (χ0v) is 15.6. The summed E-state index contributed by atoms with van der Waals surface area (Å²) in [6.45, 7) is 4.92. The second-order valence-electron chi connectivity index (χ2n) is 7.06. The summed E-state index contributed by atoms with van der Waals surface area (Å²) < 4.78 is 10.7. The summed E-state index contributed by atoms with van der Waals surface area (Å²) in [5, 5.41) is 0. The first kappa shape index (κ1) is 17.9. The largest absolute Gasteiger partial charge is 0.461 e. The van der Waals surface area contributed by atoms with E-state index in [-0.39, 0.29) is 12.6 Å². The molecule has 0 fully saturated rings. The summed E-state index contributed by atoms with van der Waals surface area (Å²) in [6, 6.07) is 3.80. The van der Waals surface area contributed by atoms with Gasteiger partial charge in [0.15, 0.2) is 5.82 Å². The number of furan rings is 1. The van der Waals surface area contributed by atoms with Crippen molar-refractivity contribution in [2.45, 2.75) is 52.3 Å². The van der Waals surface area contributed by atoms with Gasteiger partial charge in [-0.1, -0.05) is 0 Å². The maximum Gasteiger partial charge on any atom is 0.303 e. The van der Waals surface area contributed by atoms with Crippen LogP contribution in [0.15, 0.2) is 27.7 Å². The molecule has 0 N–H and O–H groups in total. The summed E-state index contributed by atoms with van der Waals surface area (Å²) in [6.07, 6.45) is 6.18. The summed E-state index contributed by atoms with van der Waals surface area (Å²) in [5.74, 6) is 2.04. The van der Waals surface area contributed by atoms with Gasteiger partial charge in [-0.15, -0.1) is 0 Å². The lowest BCUT2D eigenvalue weighted by Crippen LogP contribution is -2.31. The minimum Gasteiger partial charge on any atom is -0.461 e. The Morgan fingerprint density at radius 3 is 2.96 bits per heavy atom. The van der Waals surface area contributed by atoms with Crippen LogP contribution in [0.25, 0.3) is 0 Å². The highest BCUT2D eigenvalue weighted by Crippen LogP contribution is 2.21. The minimum atomic E-state index is -0.306. The standard InChI is InChI=1S/C20H24N4O3/c1-14(25)26-13-17-6-5-16(27-17)12-24-9-7-18-15(11-24)10-22-20(23-18)19-4-2-3-8-21-19/h5-6,10H,2-4,7-9,11-13H2,1H3. The molecular formula is C20H24N4O3. The monoisotopic (exact) mass is 368 g/mol. The van der Waals surface area contributed by atoms with Crippen LogP contribution in [-0.2, 0) is 35.6 Å². The Labute approximate surface area is 158 Å². The van der Waals surface area contributed by atoms with E-state index in [9.17, 15) is 4.79 Å². The van der Waals surface area contributed by atoms with Gasteiger partial charge in [0, 0.05) is 44.7 Å². The summed E-state index contributed by atoms with van der Waals surface area (Å²) in [5.41, 5.74) is 3.37. The highest BCUT2D eigenvalue weighted by atomic mass is 16.5. The molecule has 0 saturated heterocycles. The summed E-state index contributed by atoms with van der Waals surface area (Å²) in [7, 11) is 0. The molecule has 2 aromatic rings. The van der Waals surface area contributed by atoms with Gasteiger partial charge >= 0.3 is 5.97 Å². The molecule has 0 aliphatic carbocycles. The third-order valence-electron chi connectivity index (χ3n) is 4.91. The number of hydrogen-bond donors (Lipinski definition) is 0. The van der Waals surface area contributed by atoms with Crippen molar-refractivity contribution in [3.63, 3.8) is 0 Å². The maximum absolute atomic E-state index is 10.9. The van der Waals surface area contributed by atoms with Crippen LogP contribution in [0.5, 0.6) is 0 Å². The van der Waals surface area contributed by atoms with E-state index in [4.69, 9.17) is 14.1 Å². The molecule has 27 heavy (non-hydrogen) atoms. The molecule has 0 atom stereocenters. The van der Waals surface area contributed by atoms with E-state index in [1.165, 1.54) is 25.3 Å². The zero-order valence-electron chi connectivity index (χ0n) is 15.6. The van der Waals surface area contributed by atoms with E-state index < -0.39 is 0 Å². The van der Waals surface area contributed by atoms with Crippen LogP contribution < -0.4 is 0 Å². The predicted molar refractivity (Wildman–Crippen MR) is 99.3 cm³/mol. The van der Waals surface area contributed by atoms with Crippen molar-refractivity contribution in [3.05, 3.63) is 46.9 Å². The smallest absolute Gasteiger partial charge is 0.303 e. The molecule has 4 heterocycles. The third kappa shape index (κ3) is 4.42. The molecule has 2 aliphatic rings. The van der Waals surface area contributed by atoms with Gasteiger partial charge in [0.1, 0.15) is 18.1 Å². The van der Waals surface area contributed by atoms with Crippen LogP contribution >= 0.6 is 0 Å². The predicted octanol–water partition coefficient (Wildman–Crippen LogP) is 2.66. The first-order valence-electron chi connectivity index (χ1n) is 9.49. The molecule has 2 aromatic heterocycles. The SMILES string of the molecule is CC(=O)OCc1ccc(CN2CCc3nc(C4=NCCCC4)ncc3C2)o1. The van der Waals surface area contributed by atoms with Crippen molar-refractivity contribution in [1.29, 1.82) is 0 Å². The van der Waals surface area contributed by atoms with Gasteiger partial charge in [0.2, 0.25) is 0 Å². The molecule has 4 rings (SSSR count). The van der Waals surface area contributed by atoms with E-state index in [0.717, 1.165) is 55.5 Å². The summed E-state index contributed by atoms with van der Waals surface area (Å²) >= 11 is 0. The zero-order chi connectivity index (χ0) is 18.6. The van der Waals surface area contributed by atoms with Crippen LogP contribution in [0, 0.1) is 0 Å². The Bertz CT molecular complexity index is 859. The molecule has 7 nitrogen and oxygen atoms in total. The van der Waals surface area contributed by atoms with Crippen molar-refractivity contribution in [2.24, 2.45) is 4.99 Å². The topological polar surface area (TPSA) is 80.8 Å². The Balaban J connectivity index is 1.38. The van der Waals surface area contributed by atoms with Gasteiger partial charge in [-0.05, 0) is 31.4 Å². The van der Waals surface area contributed by atoms with Crippen LogP contribution in [0.3, 0.4) is 0 Å². The highest BCUT2D eigenvalue weighted by Gasteiger charge is 2.21. The number of hydrogen-bond acceptors (Lipinski definition) is 7. The first-order chi connectivity index (χ1) is 13.2. The quantitative estimate of drug-likeness (QED) is 0.755. The fraction of sp³-hybridized carbons (Fsp3) is 0.500. The second kappa shape index (κ2) is 8.00. The Kier molecular flexibility index (Phi) is 5.29. The fourth-order valence-electron chi connectivity index (χ4n) is 3.51. The van der Waals surface area contributed by atoms with Crippen molar-refractivity contribution in [2.75, 3.05) is 13.1 Å². The van der Waals surface area contributed by atoms with Crippen molar-refractivity contribution >= 4 is 11.7 Å². The number of aromatic nitrogens is 2. The molecule has 142 valence electrons. The number of carbonyl (C=O) groups excluding carboxylic acids is 1. The van der Waals surface area contributed by atoms with Gasteiger partial charge in [-0.3, -0.25) is 14.7 Å². The third-order valence-corrected chi connectivity index (χ3v) is 4.91. The van der Waals surface area contributed by atoms with Gasteiger partial charge in [0.05, 0.1) is 18.0 Å². The molecule has 7 heteroatoms. The molecular weight excluding hydrogens is 344 g/mol. The lowest BCUT2D eigenvalue weighted by Gasteiger charge is -2.27. The number of rotatable bonds is 5. The van der Waals surface area contributed by atoms with E-state index in [1.54, 1.807) is 0 Å². The molecule has 0 bridgehead atoms. The fourth-order valence-corrected chi connectivity index (χ4v) is 3.51. The van der Waals surface area contributed by atoms with Gasteiger partial charge in [-0.25, -0.2) is 9.97 Å². The lowest BCUT2D eigenvalue weighted by molar-refractivity contribution is -0.142. The Hall–Kier alpha value is -2.54. The normalized spacial score (nSPS) is 17.3. The molecule has 0 radical (unpaired) electrons. The van der Waals surface area contributed by atoms with Crippen LogP contribution in [0.1, 0.15) is 54.8 Å². The van der Waals surface area contributed by atoms with E-state index in [0.29, 0.717) is 12.3 Å². The number of carbonyl (C=O) groups is 1. The maximum atomic E-state index is 10.9. The molecule has 0 aromatic carbocycles. The number of esters is 1. The van der Waals surface area contributed by atoms with Crippen molar-refractivity contribution < 1.29 is 13.9 Å². The minimum absolute atomic E-state index is 0.179. The van der Waals surface area contributed by atoms with Crippen LogP contribution in [-0.4, -0.2) is 39.6 Å². The lowest BCUT2D eigenvalue weighted by atomic mass is 10.1. The van der Waals surface area contributed by atoms with Crippen molar-refractivity contribution in [3.8, 4) is 0 Å². The van der Waals surface area contributed by atoms with E-state index >= 15 is 0 Å². The van der Waals surface area contributed by atoms with E-state index in [2.05, 4.69) is 14.9 Å². The molecule has 0 saturated carbocycles. The number of aliphatic imine (C=N–C) groups is 1. The van der Waals surface area contributed by atoms with Gasteiger partial charge in [-0.2, -0.15) is 0 Å². The Morgan fingerprint density at radius 1 is 1.26 bits per heavy atom. The molecule has 0 amide bonds. The van der Waals surface area contributed by atoms with Gasteiger partial charge < -0.3 is 9.15 Å². The van der Waals surface area contributed by atoms with Crippen LogP contribution in [0.2, 0.25) is 0 Å². The number of nitrogens with zero attached hydrogens (tertiary/aromatic N) is 4. The average molecular weight is 368 g/mol. The Morgan fingerprint density at radius 2 is 2.15 bits per heavy atom. The molecule has 0 spiro atoms. The number of ether oxygens (including phenoxy) is 1. The molecule has 2 aliphatic heterocycles. The first-order valence-corrected chi connectivity index (χ1v) is 9.49. The molecule has 0 unspecified atom stereocenters. The van der Waals surface area contributed by atoms with Crippen molar-refractivity contribution in [1.82, 2.24) is 14.9 Å². The average Bonchev–Trinajstić information content (AvgIpc) is 3.14. The second-order valence-corrected chi connectivity index (χ2v) is 7.06. The van der Waals surface area contributed by atoms with Gasteiger partial charge in [0.25, 0.3) is 0 Å².